The normalized spacial score (nSPS) is 10.1. The second-order valence-electron chi connectivity index (χ2n) is 2.91. The molecule has 2 aromatic rings. The van der Waals surface area contributed by atoms with Crippen molar-refractivity contribution in [3.8, 4) is 0 Å². The lowest BCUT2D eigenvalue weighted by atomic mass is 10.4. The molecule has 2 rings (SSSR count). The number of H-pyrrole nitrogens is 1. The van der Waals surface area contributed by atoms with Crippen molar-refractivity contribution in [3.05, 3.63) is 40.0 Å². The van der Waals surface area contributed by atoms with Crippen LogP contribution in [0.15, 0.2) is 29.1 Å². The highest BCUT2D eigenvalue weighted by atomic mass is 79.9. The molecule has 0 radical (unpaired) electrons. The molecule has 2 N–H and O–H groups in total. The maximum atomic E-state index is 11.6. The van der Waals surface area contributed by atoms with Crippen LogP contribution in [0.5, 0.6) is 0 Å². The van der Waals surface area contributed by atoms with Crippen molar-refractivity contribution in [2.45, 2.75) is 0 Å². The quantitative estimate of drug-likeness (QED) is 0.895. The number of carbonyl (C=O) groups is 1. The number of anilines is 1. The lowest BCUT2D eigenvalue weighted by molar-refractivity contribution is 0.102. The molecule has 2 aromatic heterocycles. The molecular formula is C9H6BrClN4O. The largest absolute Gasteiger partial charge is 0.356 e. The van der Waals surface area contributed by atoms with E-state index in [0.717, 1.165) is 4.47 Å². The van der Waals surface area contributed by atoms with E-state index in [-0.39, 0.29) is 11.1 Å². The summed E-state index contributed by atoms with van der Waals surface area (Å²) in [4.78, 5) is 22.2. The predicted molar refractivity (Wildman–Crippen MR) is 63.5 cm³/mol. The van der Waals surface area contributed by atoms with E-state index in [2.05, 4.69) is 36.2 Å². The number of rotatable bonds is 2. The van der Waals surface area contributed by atoms with Crippen molar-refractivity contribution in [1.29, 1.82) is 0 Å². The zero-order valence-electron chi connectivity index (χ0n) is 7.87. The van der Waals surface area contributed by atoms with Crippen LogP contribution in [0.4, 0.5) is 5.82 Å². The topological polar surface area (TPSA) is 70.7 Å². The summed E-state index contributed by atoms with van der Waals surface area (Å²) in [6.45, 7) is 0. The van der Waals surface area contributed by atoms with Crippen LogP contribution in [-0.2, 0) is 0 Å². The smallest absolute Gasteiger partial charge is 0.273 e. The minimum Gasteiger partial charge on any atom is -0.356 e. The van der Waals surface area contributed by atoms with E-state index in [9.17, 15) is 4.79 Å². The predicted octanol–water partition coefficient (Wildman–Crippen LogP) is 2.47. The second kappa shape index (κ2) is 4.63. The Morgan fingerprint density at radius 3 is 2.81 bits per heavy atom. The highest BCUT2D eigenvalue weighted by Crippen LogP contribution is 2.12. The summed E-state index contributed by atoms with van der Waals surface area (Å²) >= 11 is 8.81. The summed E-state index contributed by atoms with van der Waals surface area (Å²) in [5.41, 5.74) is 0.434. The molecule has 0 fully saturated rings. The first-order valence-corrected chi connectivity index (χ1v) is 5.45. The average Bonchev–Trinajstić information content (AvgIpc) is 2.68. The molecule has 2 heterocycles. The molecule has 7 heteroatoms. The lowest BCUT2D eigenvalue weighted by Gasteiger charge is -2.01. The monoisotopic (exact) mass is 300 g/mol. The van der Waals surface area contributed by atoms with Crippen molar-refractivity contribution in [1.82, 2.24) is 15.0 Å². The second-order valence-corrected chi connectivity index (χ2v) is 4.21. The van der Waals surface area contributed by atoms with Gasteiger partial charge in [0.2, 0.25) is 0 Å². The van der Waals surface area contributed by atoms with Crippen LogP contribution in [0.2, 0.25) is 5.15 Å². The van der Waals surface area contributed by atoms with Gasteiger partial charge in [-0.15, -0.1) is 0 Å². The third-order valence-electron chi connectivity index (χ3n) is 1.75. The molecule has 0 aliphatic heterocycles. The number of hydrogen-bond donors (Lipinski definition) is 2. The van der Waals surface area contributed by atoms with Crippen LogP contribution in [0.3, 0.4) is 0 Å². The van der Waals surface area contributed by atoms with E-state index in [1.807, 2.05) is 0 Å². The van der Waals surface area contributed by atoms with Crippen molar-refractivity contribution < 1.29 is 4.79 Å². The fourth-order valence-electron chi connectivity index (χ4n) is 1.06. The van der Waals surface area contributed by atoms with Crippen molar-refractivity contribution in [2.24, 2.45) is 0 Å². The molecule has 1 amide bonds. The van der Waals surface area contributed by atoms with E-state index >= 15 is 0 Å². The fourth-order valence-corrected chi connectivity index (χ4v) is 1.50. The number of nitrogens with one attached hydrogen (secondary N) is 2. The molecule has 0 unspecified atom stereocenters. The van der Waals surface area contributed by atoms with Gasteiger partial charge in [-0.2, -0.15) is 0 Å². The molecule has 0 atom stereocenters. The first kappa shape index (κ1) is 11.1. The Balaban J connectivity index is 2.10. The van der Waals surface area contributed by atoms with Gasteiger partial charge >= 0.3 is 0 Å². The van der Waals surface area contributed by atoms with Gasteiger partial charge in [0.25, 0.3) is 5.91 Å². The van der Waals surface area contributed by atoms with E-state index in [1.165, 1.54) is 12.4 Å². The van der Waals surface area contributed by atoms with Gasteiger partial charge in [0.1, 0.15) is 10.8 Å². The molecule has 0 spiro atoms. The highest BCUT2D eigenvalue weighted by Gasteiger charge is 2.08. The van der Waals surface area contributed by atoms with Crippen molar-refractivity contribution >= 4 is 39.3 Å². The number of aromatic nitrogens is 3. The van der Waals surface area contributed by atoms with E-state index < -0.39 is 0 Å². The number of hydrogen-bond acceptors (Lipinski definition) is 3. The standard InChI is InChI=1S/C9H6BrClN4O/c10-5-1-6(12-2-5)9(16)15-8-4-13-7(11)3-14-8/h1-4,12H,(H,14,15,16). The van der Waals surface area contributed by atoms with Crippen molar-refractivity contribution in [2.75, 3.05) is 5.32 Å². The molecule has 82 valence electrons. The zero-order valence-corrected chi connectivity index (χ0v) is 10.2. The summed E-state index contributed by atoms with van der Waals surface area (Å²) in [5, 5.41) is 2.85. The molecule has 16 heavy (non-hydrogen) atoms. The van der Waals surface area contributed by atoms with Crippen LogP contribution < -0.4 is 5.32 Å². The number of nitrogens with zero attached hydrogens (tertiary/aromatic N) is 2. The van der Waals surface area contributed by atoms with Gasteiger partial charge in [-0.3, -0.25) is 4.79 Å². The molecule has 0 bridgehead atoms. The van der Waals surface area contributed by atoms with Crippen molar-refractivity contribution in [3.63, 3.8) is 0 Å². The molecule has 5 nitrogen and oxygen atoms in total. The first-order chi connectivity index (χ1) is 7.65. The summed E-state index contributed by atoms with van der Waals surface area (Å²) in [6.07, 6.45) is 4.42. The van der Waals surface area contributed by atoms with Gasteiger partial charge in [-0.1, -0.05) is 11.6 Å². The molecule has 0 aliphatic carbocycles. The summed E-state index contributed by atoms with van der Waals surface area (Å²) in [7, 11) is 0. The molecule has 0 saturated carbocycles. The number of amides is 1. The Labute approximate surface area is 104 Å². The first-order valence-electron chi connectivity index (χ1n) is 4.28. The summed E-state index contributed by atoms with van der Waals surface area (Å²) in [6, 6.07) is 1.67. The van der Waals surface area contributed by atoms with Gasteiger partial charge in [0.05, 0.1) is 12.4 Å². The van der Waals surface area contributed by atoms with Crippen LogP contribution in [0.1, 0.15) is 10.5 Å². The van der Waals surface area contributed by atoms with E-state index in [0.29, 0.717) is 11.5 Å². The summed E-state index contributed by atoms with van der Waals surface area (Å²) < 4.78 is 0.805. The van der Waals surface area contributed by atoms with Crippen LogP contribution in [0.25, 0.3) is 0 Å². The van der Waals surface area contributed by atoms with Crippen LogP contribution in [0, 0.1) is 0 Å². The minimum atomic E-state index is -0.290. The Kier molecular flexibility index (Phi) is 3.21. The third-order valence-corrected chi connectivity index (χ3v) is 2.41. The molecular weight excluding hydrogens is 295 g/mol. The Morgan fingerprint density at radius 2 is 2.25 bits per heavy atom. The number of aromatic amines is 1. The number of halogens is 2. The van der Waals surface area contributed by atoms with Crippen LogP contribution in [-0.4, -0.2) is 20.9 Å². The minimum absolute atomic E-state index is 0.278. The summed E-state index contributed by atoms with van der Waals surface area (Å²) in [5.74, 6) is 0.0578. The third kappa shape index (κ3) is 2.59. The van der Waals surface area contributed by atoms with Gasteiger partial charge in [-0.25, -0.2) is 9.97 Å². The van der Waals surface area contributed by atoms with Crippen LogP contribution >= 0.6 is 27.5 Å². The highest BCUT2D eigenvalue weighted by molar-refractivity contribution is 9.10. The maximum Gasteiger partial charge on any atom is 0.273 e. The molecule has 0 aliphatic rings. The Morgan fingerprint density at radius 1 is 1.44 bits per heavy atom. The maximum absolute atomic E-state index is 11.6. The van der Waals surface area contributed by atoms with Gasteiger partial charge in [0, 0.05) is 10.7 Å². The van der Waals surface area contributed by atoms with E-state index in [1.54, 1.807) is 12.3 Å². The van der Waals surface area contributed by atoms with E-state index in [4.69, 9.17) is 11.6 Å². The zero-order chi connectivity index (χ0) is 11.5. The lowest BCUT2D eigenvalue weighted by Crippen LogP contribution is -2.13. The fraction of sp³-hybridized carbons (Fsp3) is 0. The average molecular weight is 302 g/mol. The molecule has 0 aromatic carbocycles. The Bertz CT molecular complexity index is 510. The Hall–Kier alpha value is -1.40. The van der Waals surface area contributed by atoms with Gasteiger partial charge < -0.3 is 10.3 Å². The SMILES string of the molecule is O=C(Nc1cnc(Cl)cn1)c1cc(Br)c[nH]1. The molecule has 0 saturated heterocycles. The van der Waals surface area contributed by atoms with Gasteiger partial charge in [0.15, 0.2) is 5.82 Å². The number of carbonyl (C=O) groups excluding carboxylic acids is 1. The van der Waals surface area contributed by atoms with Gasteiger partial charge in [-0.05, 0) is 22.0 Å².